The third-order valence-corrected chi connectivity index (χ3v) is 5.05. The normalized spacial score (nSPS) is 14.7. The van der Waals surface area contributed by atoms with Crippen LogP contribution in [0.1, 0.15) is 27.7 Å². The van der Waals surface area contributed by atoms with Crippen molar-refractivity contribution in [3.63, 3.8) is 0 Å². The number of nitro benzene ring substituents is 1. The third-order valence-electron chi connectivity index (χ3n) is 3.44. The molecule has 3 rings (SSSR count). The van der Waals surface area contributed by atoms with Crippen molar-refractivity contribution in [3.8, 4) is 5.75 Å². The molecule has 2 saturated heterocycles. The fourth-order valence-electron chi connectivity index (χ4n) is 1.93. The summed E-state index contributed by atoms with van der Waals surface area (Å²) in [5.74, 6) is 1.30. The van der Waals surface area contributed by atoms with E-state index in [0.29, 0.717) is 5.75 Å². The van der Waals surface area contributed by atoms with Gasteiger partial charge < -0.3 is 9.64 Å². The second kappa shape index (κ2) is 14.7. The van der Waals surface area contributed by atoms with E-state index in [2.05, 4.69) is 9.74 Å². The molecular weight excluding hydrogens is 418 g/mol. The Morgan fingerprint density at radius 3 is 1.86 bits per heavy atom. The molecule has 0 atom stereocenters. The molecule has 1 aromatic rings. The van der Waals surface area contributed by atoms with Crippen LogP contribution < -0.4 is 4.74 Å². The van der Waals surface area contributed by atoms with Crippen molar-refractivity contribution in [2.45, 2.75) is 27.7 Å². The minimum Gasteiger partial charge on any atom is -0.497 e. The van der Waals surface area contributed by atoms with Crippen LogP contribution in [-0.4, -0.2) is 64.6 Å². The van der Waals surface area contributed by atoms with E-state index in [-0.39, 0.29) is 45.2 Å². The van der Waals surface area contributed by atoms with Gasteiger partial charge >= 0.3 is 0 Å². The molecule has 0 saturated carbocycles. The van der Waals surface area contributed by atoms with Gasteiger partial charge in [-0.1, -0.05) is 38.8 Å². The summed E-state index contributed by atoms with van der Waals surface area (Å²) in [5, 5.41) is 11.0. The minimum absolute atomic E-state index is 0. The quantitative estimate of drug-likeness (QED) is 0.298. The Kier molecular flexibility index (Phi) is 14.7. The van der Waals surface area contributed by atoms with E-state index in [9.17, 15) is 19.7 Å². The molecule has 2 fully saturated rings. The van der Waals surface area contributed by atoms with Gasteiger partial charge in [0.1, 0.15) is 10.1 Å². The van der Waals surface area contributed by atoms with E-state index in [1.54, 1.807) is 23.9 Å². The fraction of sp³-hybridized carbons (Fsp3) is 0.500. The van der Waals surface area contributed by atoms with Gasteiger partial charge in [0.05, 0.1) is 19.1 Å². The number of hydrogen-bond acceptors (Lipinski definition) is 8. The van der Waals surface area contributed by atoms with Crippen molar-refractivity contribution in [1.29, 1.82) is 0 Å². The van der Waals surface area contributed by atoms with E-state index in [1.807, 2.05) is 7.05 Å². The van der Waals surface area contributed by atoms with Gasteiger partial charge in [-0.2, -0.15) is 5.06 Å². The molecule has 2 amide bonds. The molecule has 0 bridgehead atoms. The highest BCUT2D eigenvalue weighted by molar-refractivity contribution is 8.23. The number of carbonyl (C=O) groups excluding carboxylic acids is 2. The highest BCUT2D eigenvalue weighted by atomic mass is 32.2. The van der Waals surface area contributed by atoms with Crippen molar-refractivity contribution in [3.05, 3.63) is 34.4 Å². The maximum Gasteiger partial charge on any atom is 0.269 e. The highest BCUT2D eigenvalue weighted by Crippen LogP contribution is 2.16. The number of rotatable bonds is 3. The first-order valence-corrected chi connectivity index (χ1v) is 9.25. The predicted octanol–water partition coefficient (Wildman–Crippen LogP) is 3.52. The molecule has 0 N–H and O–H groups in total. The van der Waals surface area contributed by atoms with Gasteiger partial charge in [0, 0.05) is 44.3 Å². The number of nitro groups is 1. The van der Waals surface area contributed by atoms with Crippen LogP contribution in [0.2, 0.25) is 0 Å². The van der Waals surface area contributed by atoms with Crippen LogP contribution in [0.5, 0.6) is 5.75 Å². The molecule has 0 aromatic heterocycles. The van der Waals surface area contributed by atoms with Crippen LogP contribution in [0.25, 0.3) is 0 Å². The van der Waals surface area contributed by atoms with Crippen molar-refractivity contribution >= 4 is 45.8 Å². The Hall–Kier alpha value is -2.24. The molecule has 164 valence electrons. The molecule has 9 nitrogen and oxygen atoms in total. The first-order chi connectivity index (χ1) is 12.8. The summed E-state index contributed by atoms with van der Waals surface area (Å²) >= 11 is 6.69. The number of ether oxygens (including phenoxy) is 1. The van der Waals surface area contributed by atoms with Crippen molar-refractivity contribution in [2.75, 3.05) is 33.6 Å². The standard InChI is InChI=1S/C7H7NO3.C5H7NO3.C4H7NS2.2CH4/c1-11-7-4-2-6(3-5-7)8(9)10;1-9-6-4(7)2-3-5(6)8;1-5-2-3-7-4(5)6;;/h2-5H,1H3;2-3H2,1H3;2-3H2,1H3;2*1H4. The molecule has 0 unspecified atom stereocenters. The van der Waals surface area contributed by atoms with Crippen molar-refractivity contribution in [1.82, 2.24) is 9.96 Å². The molecule has 0 spiro atoms. The maximum absolute atomic E-state index is 10.6. The Balaban J connectivity index is 0. The first-order valence-electron chi connectivity index (χ1n) is 7.86. The number of thiocarbonyl (C=S) groups is 1. The maximum atomic E-state index is 10.6. The Morgan fingerprint density at radius 1 is 1.10 bits per heavy atom. The van der Waals surface area contributed by atoms with E-state index in [0.717, 1.165) is 15.9 Å². The lowest BCUT2D eigenvalue weighted by atomic mass is 10.3. The Morgan fingerprint density at radius 2 is 1.62 bits per heavy atom. The number of nitrogens with zero attached hydrogens (tertiary/aromatic N) is 3. The van der Waals surface area contributed by atoms with Gasteiger partial charge in [-0.25, -0.2) is 0 Å². The lowest BCUT2D eigenvalue weighted by Gasteiger charge is -2.07. The molecule has 29 heavy (non-hydrogen) atoms. The van der Waals surface area contributed by atoms with E-state index >= 15 is 0 Å². The molecule has 0 aliphatic carbocycles. The Labute approximate surface area is 181 Å². The third kappa shape index (κ3) is 9.68. The second-order valence-corrected chi connectivity index (χ2v) is 6.98. The largest absolute Gasteiger partial charge is 0.497 e. The highest BCUT2D eigenvalue weighted by Gasteiger charge is 2.28. The topological polar surface area (TPSA) is 102 Å². The number of imide groups is 1. The number of non-ortho nitro benzene ring substituents is 1. The summed E-state index contributed by atoms with van der Waals surface area (Å²) in [5.41, 5.74) is 0.0748. The van der Waals surface area contributed by atoms with Crippen LogP contribution in [-0.2, 0) is 14.4 Å². The molecule has 1 aromatic carbocycles. The van der Waals surface area contributed by atoms with Crippen LogP contribution in [0.15, 0.2) is 24.3 Å². The van der Waals surface area contributed by atoms with Crippen molar-refractivity contribution < 1.29 is 24.1 Å². The zero-order valence-corrected chi connectivity index (χ0v) is 16.9. The summed E-state index contributed by atoms with van der Waals surface area (Å²) in [6.45, 7) is 1.13. The van der Waals surface area contributed by atoms with Gasteiger partial charge in [-0.05, 0) is 12.1 Å². The van der Waals surface area contributed by atoms with Crippen LogP contribution in [0.4, 0.5) is 5.69 Å². The molecule has 11 heteroatoms. The number of hydroxylamine groups is 2. The number of hydrogen-bond donors (Lipinski definition) is 0. The number of carbonyl (C=O) groups is 2. The van der Waals surface area contributed by atoms with Crippen molar-refractivity contribution in [2.24, 2.45) is 0 Å². The summed E-state index contributed by atoms with van der Waals surface area (Å²) < 4.78 is 5.87. The van der Waals surface area contributed by atoms with Crippen LogP contribution in [0, 0.1) is 10.1 Å². The van der Waals surface area contributed by atoms with E-state index in [1.165, 1.54) is 32.1 Å². The number of thioether (sulfide) groups is 1. The molecule has 0 radical (unpaired) electrons. The van der Waals surface area contributed by atoms with Crippen LogP contribution >= 0.6 is 24.0 Å². The fourth-order valence-corrected chi connectivity index (χ4v) is 3.13. The van der Waals surface area contributed by atoms with Crippen LogP contribution in [0.3, 0.4) is 0 Å². The average molecular weight is 448 g/mol. The first kappa shape index (κ1) is 29.0. The van der Waals surface area contributed by atoms with E-state index < -0.39 is 4.92 Å². The lowest BCUT2D eigenvalue weighted by molar-refractivity contribution is -0.384. The van der Waals surface area contributed by atoms with Gasteiger partial charge in [-0.15, -0.1) is 0 Å². The molecule has 2 heterocycles. The summed E-state index contributed by atoms with van der Waals surface area (Å²) in [7, 11) is 4.85. The minimum atomic E-state index is -0.445. The average Bonchev–Trinajstić information content (AvgIpc) is 3.20. The zero-order chi connectivity index (χ0) is 20.4. The number of methoxy groups -OCH3 is 1. The number of benzene rings is 1. The van der Waals surface area contributed by atoms with Gasteiger partial charge in [-0.3, -0.25) is 24.5 Å². The monoisotopic (exact) mass is 447 g/mol. The molecule has 2 aliphatic heterocycles. The van der Waals surface area contributed by atoms with Gasteiger partial charge in [0.2, 0.25) is 0 Å². The van der Waals surface area contributed by atoms with Gasteiger partial charge in [0.15, 0.2) is 0 Å². The zero-order valence-electron chi connectivity index (χ0n) is 15.2. The van der Waals surface area contributed by atoms with E-state index in [4.69, 9.17) is 17.0 Å². The van der Waals surface area contributed by atoms with Gasteiger partial charge in [0.25, 0.3) is 17.5 Å². The number of amides is 2. The molecular formula is C18H29N3O6S2. The Bertz CT molecular complexity index is 669. The lowest BCUT2D eigenvalue weighted by Crippen LogP contribution is -2.27. The smallest absolute Gasteiger partial charge is 0.269 e. The molecule has 2 aliphatic rings. The predicted molar refractivity (Wildman–Crippen MR) is 119 cm³/mol. The summed E-state index contributed by atoms with van der Waals surface area (Å²) in [4.78, 5) is 37.5. The summed E-state index contributed by atoms with van der Waals surface area (Å²) in [6.07, 6.45) is 0.569. The SMILES string of the molecule is C.C.CN1CCSC1=S.CON1C(=O)CCC1=O.COc1ccc([N+](=O)[O-])cc1. The second-order valence-electron chi connectivity index (χ2n) is 5.26. The summed E-state index contributed by atoms with van der Waals surface area (Å²) in [6, 6.07) is 5.91.